The summed E-state index contributed by atoms with van der Waals surface area (Å²) < 4.78 is 5.43. The second-order valence-electron chi connectivity index (χ2n) is 5.00. The number of thiophene rings is 1. The lowest BCUT2D eigenvalue weighted by atomic mass is 10.2. The van der Waals surface area contributed by atoms with Gasteiger partial charge in [0.05, 0.1) is 18.1 Å². The molecule has 0 radical (unpaired) electrons. The fraction of sp³-hybridized carbons (Fsp3) is 0.467. The van der Waals surface area contributed by atoms with Crippen molar-refractivity contribution >= 4 is 17.2 Å². The molecule has 6 heteroatoms. The van der Waals surface area contributed by atoms with Crippen LogP contribution in [0.4, 0.5) is 5.82 Å². The lowest BCUT2D eigenvalue weighted by Gasteiger charge is -2.37. The molecule has 2 aromatic rings. The molecule has 3 heterocycles. The molecule has 21 heavy (non-hydrogen) atoms. The summed E-state index contributed by atoms with van der Waals surface area (Å²) in [4.78, 5) is 1.16. The van der Waals surface area contributed by atoms with Gasteiger partial charge in [0.25, 0.3) is 0 Å². The van der Waals surface area contributed by atoms with E-state index < -0.39 is 0 Å². The van der Waals surface area contributed by atoms with Crippen molar-refractivity contribution in [3.63, 3.8) is 0 Å². The van der Waals surface area contributed by atoms with Crippen molar-refractivity contribution in [2.24, 2.45) is 0 Å². The van der Waals surface area contributed by atoms with E-state index in [1.54, 1.807) is 11.3 Å². The van der Waals surface area contributed by atoms with E-state index in [1.807, 2.05) is 6.07 Å². The summed E-state index contributed by atoms with van der Waals surface area (Å²) >= 11 is 1.69. The normalized spacial score (nSPS) is 16.1. The first kappa shape index (κ1) is 14.4. The van der Waals surface area contributed by atoms with Crippen LogP contribution in [-0.4, -0.2) is 48.1 Å². The highest BCUT2D eigenvalue weighted by Crippen LogP contribution is 2.26. The number of anilines is 1. The van der Waals surface area contributed by atoms with Gasteiger partial charge in [0.1, 0.15) is 5.69 Å². The van der Waals surface area contributed by atoms with Crippen molar-refractivity contribution in [3.05, 3.63) is 29.1 Å². The number of hydrogen-bond acceptors (Lipinski definition) is 6. The monoisotopic (exact) mass is 304 g/mol. The molecule has 112 valence electrons. The van der Waals surface area contributed by atoms with Crippen LogP contribution < -0.4 is 5.01 Å². The molecule has 0 unspecified atom stereocenters. The van der Waals surface area contributed by atoms with E-state index in [4.69, 9.17) is 4.74 Å². The molecule has 0 saturated carbocycles. The molecule has 2 aromatic heterocycles. The average Bonchev–Trinajstić information content (AvgIpc) is 3.05. The Morgan fingerprint density at radius 1 is 1.33 bits per heavy atom. The SMILES string of the molecule is CCN(c1nnc(-c2cccs2)cc1C)N1CCOCC1. The number of hydrogen-bond donors (Lipinski definition) is 0. The van der Waals surface area contributed by atoms with Crippen LogP contribution in [0.3, 0.4) is 0 Å². The summed E-state index contributed by atoms with van der Waals surface area (Å²) in [5.74, 6) is 0.944. The van der Waals surface area contributed by atoms with Crippen molar-refractivity contribution in [2.45, 2.75) is 13.8 Å². The standard InChI is InChI=1S/C15H20N4OS/c1-3-19(18-6-8-20-9-7-18)15-12(2)11-13(16-17-15)14-5-4-10-21-14/h4-5,10-11H,3,6-9H2,1-2H3. The number of ether oxygens (including phenoxy) is 1. The van der Waals surface area contributed by atoms with Crippen LogP contribution in [-0.2, 0) is 4.74 Å². The Hall–Kier alpha value is -1.50. The topological polar surface area (TPSA) is 41.5 Å². The maximum atomic E-state index is 5.43. The summed E-state index contributed by atoms with van der Waals surface area (Å²) in [7, 11) is 0. The minimum absolute atomic E-state index is 0.774. The van der Waals surface area contributed by atoms with Crippen molar-refractivity contribution < 1.29 is 4.74 Å². The summed E-state index contributed by atoms with van der Waals surface area (Å²) in [5.41, 5.74) is 2.10. The smallest absolute Gasteiger partial charge is 0.168 e. The van der Waals surface area contributed by atoms with Crippen molar-refractivity contribution in [1.29, 1.82) is 0 Å². The Labute approximate surface area is 129 Å². The van der Waals surface area contributed by atoms with E-state index in [0.29, 0.717) is 0 Å². The van der Waals surface area contributed by atoms with Crippen LogP contribution in [0.5, 0.6) is 0 Å². The predicted octanol–water partition coefficient (Wildman–Crippen LogP) is 2.59. The molecule has 0 aromatic carbocycles. The van der Waals surface area contributed by atoms with Crippen LogP contribution >= 0.6 is 11.3 Å². The quantitative estimate of drug-likeness (QED) is 0.868. The molecule has 0 atom stereocenters. The van der Waals surface area contributed by atoms with E-state index in [9.17, 15) is 0 Å². The highest BCUT2D eigenvalue weighted by atomic mass is 32.1. The molecule has 1 aliphatic rings. The molecule has 1 aliphatic heterocycles. The van der Waals surface area contributed by atoms with Gasteiger partial charge in [-0.3, -0.25) is 5.01 Å². The summed E-state index contributed by atoms with van der Waals surface area (Å²) in [6.07, 6.45) is 0. The van der Waals surface area contributed by atoms with E-state index in [2.05, 4.69) is 51.6 Å². The van der Waals surface area contributed by atoms with Gasteiger partial charge in [-0.15, -0.1) is 21.5 Å². The molecule has 1 fully saturated rings. The van der Waals surface area contributed by atoms with Crippen molar-refractivity contribution in [3.8, 4) is 10.6 Å². The van der Waals surface area contributed by atoms with E-state index >= 15 is 0 Å². The highest BCUT2D eigenvalue weighted by Gasteiger charge is 2.21. The molecule has 1 saturated heterocycles. The van der Waals surface area contributed by atoms with Gasteiger partial charge in [0.2, 0.25) is 0 Å². The van der Waals surface area contributed by atoms with Gasteiger partial charge < -0.3 is 4.74 Å². The van der Waals surface area contributed by atoms with Gasteiger partial charge in [-0.05, 0) is 36.9 Å². The first-order valence-corrected chi connectivity index (χ1v) is 8.16. The van der Waals surface area contributed by atoms with Crippen LogP contribution in [0.1, 0.15) is 12.5 Å². The van der Waals surface area contributed by atoms with Crippen molar-refractivity contribution in [1.82, 2.24) is 15.2 Å². The van der Waals surface area contributed by atoms with Gasteiger partial charge in [-0.1, -0.05) is 6.07 Å². The van der Waals surface area contributed by atoms with Gasteiger partial charge in [0.15, 0.2) is 5.82 Å². The Balaban J connectivity index is 1.86. The van der Waals surface area contributed by atoms with E-state index in [1.165, 1.54) is 0 Å². The van der Waals surface area contributed by atoms with Gasteiger partial charge in [0, 0.05) is 19.6 Å². The molecular weight excluding hydrogens is 284 g/mol. The maximum absolute atomic E-state index is 5.43. The van der Waals surface area contributed by atoms with Crippen LogP contribution in [0.25, 0.3) is 10.6 Å². The summed E-state index contributed by atoms with van der Waals surface area (Å²) in [6.45, 7) is 8.48. The summed E-state index contributed by atoms with van der Waals surface area (Å²) in [6, 6.07) is 6.24. The molecule has 0 bridgehead atoms. The van der Waals surface area contributed by atoms with Gasteiger partial charge in [-0.2, -0.15) is 0 Å². The summed E-state index contributed by atoms with van der Waals surface area (Å²) in [5, 5.41) is 15.5. The Bertz CT molecular complexity index is 581. The third kappa shape index (κ3) is 3.07. The molecule has 3 rings (SSSR count). The minimum Gasteiger partial charge on any atom is -0.379 e. The molecule has 0 amide bonds. The lowest BCUT2D eigenvalue weighted by molar-refractivity contribution is 0.0317. The average molecular weight is 304 g/mol. The van der Waals surface area contributed by atoms with Gasteiger partial charge in [-0.25, -0.2) is 5.01 Å². The second-order valence-corrected chi connectivity index (χ2v) is 5.94. The number of rotatable bonds is 4. The molecular formula is C15H20N4OS. The lowest BCUT2D eigenvalue weighted by Crippen LogP contribution is -2.49. The first-order valence-electron chi connectivity index (χ1n) is 7.28. The largest absolute Gasteiger partial charge is 0.379 e. The first-order chi connectivity index (χ1) is 10.3. The van der Waals surface area contributed by atoms with Crippen LogP contribution in [0.2, 0.25) is 0 Å². The number of aromatic nitrogens is 2. The maximum Gasteiger partial charge on any atom is 0.168 e. The van der Waals surface area contributed by atoms with Crippen molar-refractivity contribution in [2.75, 3.05) is 37.9 Å². The number of aryl methyl sites for hydroxylation is 1. The predicted molar refractivity (Wildman–Crippen MR) is 85.5 cm³/mol. The molecule has 0 N–H and O–H groups in total. The number of morpholine rings is 1. The highest BCUT2D eigenvalue weighted by molar-refractivity contribution is 7.13. The second kappa shape index (κ2) is 6.51. The zero-order valence-electron chi connectivity index (χ0n) is 12.5. The van der Waals surface area contributed by atoms with Crippen LogP contribution in [0.15, 0.2) is 23.6 Å². The zero-order chi connectivity index (χ0) is 14.7. The van der Waals surface area contributed by atoms with Gasteiger partial charge >= 0.3 is 0 Å². The van der Waals surface area contributed by atoms with E-state index in [-0.39, 0.29) is 0 Å². The molecule has 5 nitrogen and oxygen atoms in total. The Morgan fingerprint density at radius 3 is 2.76 bits per heavy atom. The third-order valence-electron chi connectivity index (χ3n) is 3.60. The van der Waals surface area contributed by atoms with Crippen LogP contribution in [0, 0.1) is 6.92 Å². The molecule has 0 aliphatic carbocycles. The Morgan fingerprint density at radius 2 is 2.14 bits per heavy atom. The Kier molecular flexibility index (Phi) is 4.48. The third-order valence-corrected chi connectivity index (χ3v) is 4.50. The fourth-order valence-electron chi connectivity index (χ4n) is 2.56. The fourth-order valence-corrected chi connectivity index (χ4v) is 3.24. The number of hydrazine groups is 1. The minimum atomic E-state index is 0.774. The number of nitrogens with zero attached hydrogens (tertiary/aromatic N) is 4. The molecule has 0 spiro atoms. The van der Waals surface area contributed by atoms with E-state index in [0.717, 1.165) is 54.8 Å². The zero-order valence-corrected chi connectivity index (χ0v) is 13.3.